The van der Waals surface area contributed by atoms with Crippen molar-refractivity contribution in [2.75, 3.05) is 26.4 Å². The number of hydrogen-bond donors (Lipinski definition) is 2. The highest BCUT2D eigenvalue weighted by Gasteiger charge is 2.23. The van der Waals surface area contributed by atoms with E-state index in [4.69, 9.17) is 9.47 Å². The van der Waals surface area contributed by atoms with Crippen LogP contribution in [0.25, 0.3) is 0 Å². The van der Waals surface area contributed by atoms with Gasteiger partial charge in [-0.15, -0.1) is 0 Å². The Morgan fingerprint density at radius 2 is 0.947 bits per heavy atom. The monoisotopic (exact) mass is 538 g/mol. The van der Waals surface area contributed by atoms with Crippen LogP contribution in [-0.2, 0) is 23.9 Å². The van der Waals surface area contributed by atoms with Crippen molar-refractivity contribution in [3.05, 3.63) is 0 Å². The predicted molar refractivity (Wildman–Crippen MR) is 154 cm³/mol. The fourth-order valence-corrected chi connectivity index (χ4v) is 4.99. The third-order valence-corrected chi connectivity index (χ3v) is 7.41. The Balaban J connectivity index is 1.90. The van der Waals surface area contributed by atoms with Crippen molar-refractivity contribution in [3.63, 3.8) is 0 Å². The van der Waals surface area contributed by atoms with E-state index in [1.54, 1.807) is 6.92 Å². The molecule has 0 bridgehead atoms. The first kappa shape index (κ1) is 34.6. The minimum absolute atomic E-state index is 0.0115. The van der Waals surface area contributed by atoms with Gasteiger partial charge >= 0.3 is 0 Å². The molecule has 38 heavy (non-hydrogen) atoms. The molecule has 0 aliphatic heterocycles. The number of carbonyl (C=O) groups is 3. The van der Waals surface area contributed by atoms with Gasteiger partial charge in [-0.25, -0.2) is 0 Å². The van der Waals surface area contributed by atoms with E-state index in [9.17, 15) is 14.4 Å². The van der Waals surface area contributed by atoms with Crippen LogP contribution in [0.5, 0.6) is 0 Å². The molecule has 0 spiro atoms. The van der Waals surface area contributed by atoms with E-state index in [2.05, 4.69) is 17.6 Å². The molecule has 0 aromatic heterocycles. The Morgan fingerprint density at radius 1 is 0.553 bits per heavy atom. The SMILES string of the molecule is CCCCCCCCCCCCCCCC(=O)N[C@H]1CC[C@H](NC(=O)CCOCCOCCC(C)=O)CC1. The fraction of sp³-hybridized carbons (Fsp3) is 0.903. The molecule has 1 aliphatic rings. The van der Waals surface area contributed by atoms with E-state index in [1.807, 2.05) is 0 Å². The Labute approximate surface area is 232 Å². The second-order valence-electron chi connectivity index (χ2n) is 11.1. The summed E-state index contributed by atoms with van der Waals surface area (Å²) in [5, 5.41) is 6.30. The van der Waals surface area contributed by atoms with Crippen molar-refractivity contribution in [1.29, 1.82) is 0 Å². The molecule has 0 aromatic rings. The largest absolute Gasteiger partial charge is 0.379 e. The first-order valence-corrected chi connectivity index (χ1v) is 15.7. The van der Waals surface area contributed by atoms with Crippen molar-refractivity contribution in [2.24, 2.45) is 0 Å². The standard InChI is InChI=1S/C31H58N2O5/c1-3-4-5-6-7-8-9-10-11-12-13-14-15-16-30(35)32-28-17-19-29(20-18-28)33-31(36)22-24-38-26-25-37-23-21-27(2)34/h28-29H,3-26H2,1-2H3,(H,32,35)(H,33,36)/t28-,29-. The molecule has 0 unspecified atom stereocenters. The number of Topliss-reactive ketones (excluding diaryl/α,β-unsaturated/α-hetero) is 1. The summed E-state index contributed by atoms with van der Waals surface area (Å²) in [6.07, 6.45) is 22.2. The summed E-state index contributed by atoms with van der Waals surface area (Å²) >= 11 is 0. The van der Waals surface area contributed by atoms with Crippen LogP contribution in [0.3, 0.4) is 0 Å². The summed E-state index contributed by atoms with van der Waals surface area (Å²) in [5.41, 5.74) is 0. The molecule has 222 valence electrons. The smallest absolute Gasteiger partial charge is 0.222 e. The number of carbonyl (C=O) groups excluding carboxylic acids is 3. The summed E-state index contributed by atoms with van der Waals surface area (Å²) < 4.78 is 10.7. The van der Waals surface area contributed by atoms with Gasteiger partial charge in [0, 0.05) is 31.3 Å². The highest BCUT2D eigenvalue weighted by Crippen LogP contribution is 2.19. The van der Waals surface area contributed by atoms with Gasteiger partial charge in [-0.3, -0.25) is 14.4 Å². The molecule has 2 N–H and O–H groups in total. The number of ketones is 1. The van der Waals surface area contributed by atoms with Crippen LogP contribution in [0.1, 0.15) is 142 Å². The predicted octanol–water partition coefficient (Wildman–Crippen LogP) is 6.41. The second kappa shape index (κ2) is 24.6. The molecule has 2 amide bonds. The van der Waals surface area contributed by atoms with Gasteiger partial charge in [0.1, 0.15) is 5.78 Å². The van der Waals surface area contributed by atoms with E-state index in [1.165, 1.54) is 70.6 Å². The maximum atomic E-state index is 12.3. The molecule has 7 heteroatoms. The molecule has 0 saturated heterocycles. The van der Waals surface area contributed by atoms with Crippen LogP contribution >= 0.6 is 0 Å². The minimum atomic E-state index is 0.0115. The molecule has 1 rings (SSSR count). The van der Waals surface area contributed by atoms with Gasteiger partial charge in [0.2, 0.25) is 11.8 Å². The zero-order chi connectivity index (χ0) is 27.7. The summed E-state index contributed by atoms with van der Waals surface area (Å²) in [6, 6.07) is 0.426. The zero-order valence-corrected chi connectivity index (χ0v) is 24.7. The van der Waals surface area contributed by atoms with Crippen molar-refractivity contribution in [3.8, 4) is 0 Å². The van der Waals surface area contributed by atoms with Gasteiger partial charge < -0.3 is 20.1 Å². The second-order valence-corrected chi connectivity index (χ2v) is 11.1. The maximum Gasteiger partial charge on any atom is 0.222 e. The average Bonchev–Trinajstić information content (AvgIpc) is 2.89. The Kier molecular flexibility index (Phi) is 22.3. The van der Waals surface area contributed by atoms with E-state index in [0.29, 0.717) is 45.7 Å². The van der Waals surface area contributed by atoms with Crippen LogP contribution in [0, 0.1) is 0 Å². The van der Waals surface area contributed by atoms with Crippen molar-refractivity contribution in [1.82, 2.24) is 10.6 Å². The molecule has 7 nitrogen and oxygen atoms in total. The fourth-order valence-electron chi connectivity index (χ4n) is 4.99. The van der Waals surface area contributed by atoms with Crippen LogP contribution < -0.4 is 10.6 Å². The normalized spacial score (nSPS) is 17.3. The lowest BCUT2D eigenvalue weighted by Gasteiger charge is -2.29. The van der Waals surface area contributed by atoms with Gasteiger partial charge in [0.15, 0.2) is 0 Å². The van der Waals surface area contributed by atoms with Crippen molar-refractivity contribution >= 4 is 17.6 Å². The lowest BCUT2D eigenvalue weighted by molar-refractivity contribution is -0.124. The number of amides is 2. The van der Waals surface area contributed by atoms with Crippen molar-refractivity contribution < 1.29 is 23.9 Å². The van der Waals surface area contributed by atoms with E-state index < -0.39 is 0 Å². The Bertz CT molecular complexity index is 605. The Hall–Kier alpha value is -1.47. The van der Waals surface area contributed by atoms with E-state index >= 15 is 0 Å². The molecule has 0 radical (unpaired) electrons. The van der Waals surface area contributed by atoms with Gasteiger partial charge in [0.05, 0.1) is 26.4 Å². The summed E-state index contributed by atoms with van der Waals surface area (Å²) in [6.45, 7) is 5.46. The third kappa shape index (κ3) is 21.5. The van der Waals surface area contributed by atoms with Gasteiger partial charge in [-0.1, -0.05) is 84.0 Å². The molecule has 0 aromatic carbocycles. The Morgan fingerprint density at radius 3 is 1.39 bits per heavy atom. The highest BCUT2D eigenvalue weighted by molar-refractivity contribution is 5.77. The molecule has 0 atom stereocenters. The first-order chi connectivity index (χ1) is 18.5. The third-order valence-electron chi connectivity index (χ3n) is 7.41. The maximum absolute atomic E-state index is 12.3. The topological polar surface area (TPSA) is 93.7 Å². The molecule has 1 fully saturated rings. The van der Waals surface area contributed by atoms with Gasteiger partial charge in [-0.2, -0.15) is 0 Å². The van der Waals surface area contributed by atoms with Gasteiger partial charge in [-0.05, 0) is 39.0 Å². The number of hydrogen-bond acceptors (Lipinski definition) is 5. The molecule has 1 saturated carbocycles. The molecule has 0 heterocycles. The summed E-state index contributed by atoms with van der Waals surface area (Å²) in [4.78, 5) is 35.3. The lowest BCUT2D eigenvalue weighted by Crippen LogP contribution is -2.43. The average molecular weight is 539 g/mol. The van der Waals surface area contributed by atoms with Crippen molar-refractivity contribution in [2.45, 2.75) is 154 Å². The summed E-state index contributed by atoms with van der Waals surface area (Å²) in [5.74, 6) is 0.310. The highest BCUT2D eigenvalue weighted by atomic mass is 16.5. The number of ether oxygens (including phenoxy) is 2. The minimum Gasteiger partial charge on any atom is -0.379 e. The van der Waals surface area contributed by atoms with Crippen LogP contribution in [-0.4, -0.2) is 56.1 Å². The van der Waals surface area contributed by atoms with Gasteiger partial charge in [0.25, 0.3) is 0 Å². The first-order valence-electron chi connectivity index (χ1n) is 15.7. The molecule has 1 aliphatic carbocycles. The zero-order valence-electron chi connectivity index (χ0n) is 24.7. The number of nitrogens with one attached hydrogen (secondary N) is 2. The number of rotatable bonds is 25. The number of unbranched alkanes of at least 4 members (excludes halogenated alkanes) is 12. The van der Waals surface area contributed by atoms with Crippen LogP contribution in [0.15, 0.2) is 0 Å². The molecular weight excluding hydrogens is 480 g/mol. The lowest BCUT2D eigenvalue weighted by atomic mass is 9.91. The van der Waals surface area contributed by atoms with Crippen LogP contribution in [0.2, 0.25) is 0 Å². The molecular formula is C31H58N2O5. The quantitative estimate of drug-likeness (QED) is 0.131. The van der Waals surface area contributed by atoms with E-state index in [0.717, 1.165) is 38.5 Å². The summed E-state index contributed by atoms with van der Waals surface area (Å²) in [7, 11) is 0. The van der Waals surface area contributed by atoms with Crippen LogP contribution in [0.4, 0.5) is 0 Å². The van der Waals surface area contributed by atoms with E-state index in [-0.39, 0.29) is 29.7 Å².